The number of rotatable bonds is 4. The minimum absolute atomic E-state index is 0.0903. The molecular formula is C23H17F3N4O. The van der Waals surface area contributed by atoms with Crippen LogP contribution >= 0.6 is 0 Å². The van der Waals surface area contributed by atoms with Crippen molar-refractivity contribution >= 4 is 22.5 Å². The van der Waals surface area contributed by atoms with Crippen molar-refractivity contribution in [2.45, 2.75) is 24.9 Å². The Kier molecular flexibility index (Phi) is 4.50. The van der Waals surface area contributed by atoms with E-state index in [-0.39, 0.29) is 17.5 Å². The number of amides is 1. The molecule has 1 aliphatic rings. The Morgan fingerprint density at radius 2 is 1.84 bits per heavy atom. The fourth-order valence-corrected chi connectivity index (χ4v) is 3.64. The molecule has 2 aromatic carbocycles. The van der Waals surface area contributed by atoms with Gasteiger partial charge in [0.1, 0.15) is 0 Å². The Balaban J connectivity index is 1.49. The number of carbonyl (C=O) groups excluding carboxylic acids is 1. The molecule has 0 unspecified atom stereocenters. The Bertz CT molecular complexity index is 1290. The van der Waals surface area contributed by atoms with Gasteiger partial charge in [0.05, 0.1) is 46.1 Å². The van der Waals surface area contributed by atoms with E-state index in [9.17, 15) is 18.0 Å². The van der Waals surface area contributed by atoms with Crippen LogP contribution in [0.5, 0.6) is 0 Å². The lowest BCUT2D eigenvalue weighted by Gasteiger charge is -2.12. The first-order valence-electron chi connectivity index (χ1n) is 9.82. The number of benzene rings is 2. The highest BCUT2D eigenvalue weighted by Crippen LogP contribution is 2.43. The second kappa shape index (κ2) is 7.23. The van der Waals surface area contributed by atoms with Gasteiger partial charge in [-0.15, -0.1) is 0 Å². The van der Waals surface area contributed by atoms with E-state index in [2.05, 4.69) is 15.4 Å². The van der Waals surface area contributed by atoms with Crippen molar-refractivity contribution in [3.63, 3.8) is 0 Å². The number of anilines is 1. The molecule has 5 nitrogen and oxygen atoms in total. The highest BCUT2D eigenvalue weighted by atomic mass is 19.4. The molecule has 31 heavy (non-hydrogen) atoms. The van der Waals surface area contributed by atoms with Crippen LogP contribution in [0.3, 0.4) is 0 Å². The first-order valence-corrected chi connectivity index (χ1v) is 9.82. The van der Waals surface area contributed by atoms with Gasteiger partial charge in [0.25, 0.3) is 5.91 Å². The van der Waals surface area contributed by atoms with E-state index in [4.69, 9.17) is 0 Å². The number of hydrogen-bond acceptors (Lipinski definition) is 3. The van der Waals surface area contributed by atoms with Crippen LogP contribution in [0.4, 0.5) is 18.9 Å². The molecule has 1 fully saturated rings. The lowest BCUT2D eigenvalue weighted by atomic mass is 10.1. The van der Waals surface area contributed by atoms with E-state index in [1.54, 1.807) is 12.3 Å². The summed E-state index contributed by atoms with van der Waals surface area (Å²) in [6.07, 6.45) is 0.267. The second-order valence-electron chi connectivity index (χ2n) is 7.55. The Labute approximate surface area is 175 Å². The number of pyridine rings is 1. The van der Waals surface area contributed by atoms with Crippen molar-refractivity contribution in [2.24, 2.45) is 0 Å². The van der Waals surface area contributed by atoms with Gasteiger partial charge < -0.3 is 5.32 Å². The molecule has 5 rings (SSSR count). The van der Waals surface area contributed by atoms with Crippen LogP contribution < -0.4 is 5.32 Å². The van der Waals surface area contributed by atoms with Crippen molar-refractivity contribution < 1.29 is 18.0 Å². The molecule has 0 saturated heterocycles. The van der Waals surface area contributed by atoms with Gasteiger partial charge in [0.2, 0.25) is 0 Å². The van der Waals surface area contributed by atoms with E-state index in [1.165, 1.54) is 16.9 Å². The molecule has 0 bridgehead atoms. The average molecular weight is 422 g/mol. The molecule has 2 heterocycles. The summed E-state index contributed by atoms with van der Waals surface area (Å²) < 4.78 is 40.9. The predicted octanol–water partition coefficient (Wildman–Crippen LogP) is 5.57. The summed E-state index contributed by atoms with van der Waals surface area (Å²) in [6, 6.07) is 14.4. The van der Waals surface area contributed by atoms with E-state index >= 15 is 0 Å². The molecule has 0 radical (unpaired) electrons. The van der Waals surface area contributed by atoms with Crippen LogP contribution in [-0.4, -0.2) is 20.7 Å². The number of nitrogens with zero attached hydrogens (tertiary/aromatic N) is 3. The van der Waals surface area contributed by atoms with Crippen LogP contribution in [0.2, 0.25) is 0 Å². The molecular weight excluding hydrogens is 405 g/mol. The van der Waals surface area contributed by atoms with Gasteiger partial charge in [0, 0.05) is 11.3 Å². The molecule has 4 aromatic rings. The number of carbonyl (C=O) groups is 1. The van der Waals surface area contributed by atoms with E-state index in [0.29, 0.717) is 16.9 Å². The maximum Gasteiger partial charge on any atom is 0.416 e. The van der Waals surface area contributed by atoms with Gasteiger partial charge in [-0.2, -0.15) is 18.3 Å². The Morgan fingerprint density at radius 3 is 2.61 bits per heavy atom. The van der Waals surface area contributed by atoms with Gasteiger partial charge in [-0.3, -0.25) is 9.78 Å². The zero-order valence-corrected chi connectivity index (χ0v) is 16.2. The van der Waals surface area contributed by atoms with Crippen LogP contribution in [0.1, 0.15) is 40.4 Å². The number of fused-ring (bicyclic) bond motifs is 1. The lowest BCUT2D eigenvalue weighted by Crippen LogP contribution is -2.14. The zero-order chi connectivity index (χ0) is 21.6. The molecule has 2 aromatic heterocycles. The Morgan fingerprint density at radius 1 is 1.03 bits per heavy atom. The fourth-order valence-electron chi connectivity index (χ4n) is 3.64. The van der Waals surface area contributed by atoms with Gasteiger partial charge >= 0.3 is 6.18 Å². The van der Waals surface area contributed by atoms with Crippen molar-refractivity contribution in [1.29, 1.82) is 0 Å². The molecule has 0 atom stereocenters. The first-order chi connectivity index (χ1) is 14.9. The quantitative estimate of drug-likeness (QED) is 0.468. The van der Waals surface area contributed by atoms with Gasteiger partial charge in [-0.05, 0) is 43.2 Å². The fraction of sp³-hybridized carbons (Fsp3) is 0.174. The third-order valence-corrected chi connectivity index (χ3v) is 5.28. The maximum absolute atomic E-state index is 13.1. The smallest absolute Gasteiger partial charge is 0.320 e. The predicted molar refractivity (Wildman–Crippen MR) is 110 cm³/mol. The van der Waals surface area contributed by atoms with Crippen LogP contribution in [0, 0.1) is 0 Å². The Hall–Kier alpha value is -3.68. The van der Waals surface area contributed by atoms with Gasteiger partial charge in [-0.1, -0.05) is 24.3 Å². The zero-order valence-electron chi connectivity index (χ0n) is 16.2. The van der Waals surface area contributed by atoms with Crippen molar-refractivity contribution in [2.75, 3.05) is 5.32 Å². The highest BCUT2D eigenvalue weighted by Gasteiger charge is 2.34. The first kappa shape index (κ1) is 19.3. The maximum atomic E-state index is 13.1. The SMILES string of the molecule is O=C(Nc1cnc2ccccc2c1)c1cnn(-c2cccc(C(F)(F)F)c2)c1C1CC1. The van der Waals surface area contributed by atoms with Gasteiger partial charge in [0.15, 0.2) is 0 Å². The lowest BCUT2D eigenvalue weighted by molar-refractivity contribution is -0.137. The molecule has 8 heteroatoms. The van der Waals surface area contributed by atoms with Crippen LogP contribution in [-0.2, 0) is 6.18 Å². The standard InChI is InChI=1S/C23H17F3N4O/c24-23(25,26)16-5-3-6-18(11-16)30-21(14-8-9-14)19(13-28-30)22(31)29-17-10-15-4-1-2-7-20(15)27-12-17/h1-7,10-14H,8-9H2,(H,29,31). The summed E-state index contributed by atoms with van der Waals surface area (Å²) in [4.78, 5) is 17.3. The largest absolute Gasteiger partial charge is 0.416 e. The number of aromatic nitrogens is 3. The summed E-state index contributed by atoms with van der Waals surface area (Å²) in [5, 5.41) is 7.99. The molecule has 1 N–H and O–H groups in total. The minimum Gasteiger partial charge on any atom is -0.320 e. The van der Waals surface area contributed by atoms with E-state index < -0.39 is 11.7 Å². The normalized spacial score (nSPS) is 14.0. The van der Waals surface area contributed by atoms with E-state index in [0.717, 1.165) is 35.9 Å². The minimum atomic E-state index is -4.45. The van der Waals surface area contributed by atoms with Gasteiger partial charge in [-0.25, -0.2) is 4.68 Å². The second-order valence-corrected chi connectivity index (χ2v) is 7.55. The van der Waals surface area contributed by atoms with Crippen molar-refractivity contribution in [3.8, 4) is 5.69 Å². The summed E-state index contributed by atoms with van der Waals surface area (Å²) in [5.74, 6) is -0.273. The summed E-state index contributed by atoms with van der Waals surface area (Å²) >= 11 is 0. The summed E-state index contributed by atoms with van der Waals surface area (Å²) in [7, 11) is 0. The highest BCUT2D eigenvalue weighted by molar-refractivity contribution is 6.05. The number of nitrogens with one attached hydrogen (secondary N) is 1. The number of para-hydroxylation sites is 1. The molecule has 1 amide bonds. The van der Waals surface area contributed by atoms with Crippen LogP contribution in [0.15, 0.2) is 67.0 Å². The van der Waals surface area contributed by atoms with Crippen molar-refractivity contribution in [1.82, 2.24) is 14.8 Å². The molecule has 0 aliphatic heterocycles. The number of alkyl halides is 3. The number of halogens is 3. The van der Waals surface area contributed by atoms with Crippen LogP contribution in [0.25, 0.3) is 16.6 Å². The molecule has 1 saturated carbocycles. The molecule has 156 valence electrons. The third kappa shape index (κ3) is 3.76. The summed E-state index contributed by atoms with van der Waals surface area (Å²) in [5.41, 5.74) is 1.87. The molecule has 1 aliphatic carbocycles. The number of hydrogen-bond donors (Lipinski definition) is 1. The topological polar surface area (TPSA) is 59.8 Å². The molecule has 0 spiro atoms. The van der Waals surface area contributed by atoms with Crippen molar-refractivity contribution in [3.05, 3.63) is 83.8 Å². The monoisotopic (exact) mass is 422 g/mol. The third-order valence-electron chi connectivity index (χ3n) is 5.28. The van der Waals surface area contributed by atoms with E-state index in [1.807, 2.05) is 30.3 Å². The average Bonchev–Trinajstić information content (AvgIpc) is 3.50. The summed E-state index contributed by atoms with van der Waals surface area (Å²) in [6.45, 7) is 0.